The molecule has 0 spiro atoms. The minimum Gasteiger partial charge on any atom is -0.337 e. The van der Waals surface area contributed by atoms with Crippen LogP contribution in [0.4, 0.5) is 8.78 Å². The quantitative estimate of drug-likeness (QED) is 0.870. The van der Waals surface area contributed by atoms with Gasteiger partial charge in [0, 0.05) is 24.7 Å². The third kappa shape index (κ3) is 2.85. The number of rotatable bonds is 2. The van der Waals surface area contributed by atoms with Gasteiger partial charge in [-0.15, -0.1) is 0 Å². The molecule has 1 heterocycles. The number of amides is 1. The molecule has 1 aromatic rings. The van der Waals surface area contributed by atoms with Gasteiger partial charge in [-0.05, 0) is 26.0 Å². The van der Waals surface area contributed by atoms with Crippen molar-refractivity contribution in [2.75, 3.05) is 13.1 Å². The normalized spacial score (nSPS) is 20.9. The van der Waals surface area contributed by atoms with Crippen molar-refractivity contribution in [3.8, 4) is 0 Å². The molecule has 1 aliphatic heterocycles. The van der Waals surface area contributed by atoms with Crippen LogP contribution in [-0.2, 0) is 11.3 Å². The molecule has 2 rings (SSSR count). The van der Waals surface area contributed by atoms with Gasteiger partial charge < -0.3 is 10.2 Å². The zero-order valence-electron chi connectivity index (χ0n) is 10.2. The van der Waals surface area contributed by atoms with E-state index in [1.807, 2.05) is 0 Å². The van der Waals surface area contributed by atoms with Gasteiger partial charge in [-0.2, -0.15) is 0 Å². The van der Waals surface area contributed by atoms with E-state index < -0.39 is 11.6 Å². The van der Waals surface area contributed by atoms with E-state index in [-0.39, 0.29) is 18.5 Å². The summed E-state index contributed by atoms with van der Waals surface area (Å²) in [6.07, 6.45) is 0.832. The predicted molar refractivity (Wildman–Crippen MR) is 63.9 cm³/mol. The highest BCUT2D eigenvalue weighted by Crippen LogP contribution is 2.14. The predicted octanol–water partition coefficient (Wildman–Crippen LogP) is 1.68. The first-order chi connectivity index (χ1) is 8.58. The summed E-state index contributed by atoms with van der Waals surface area (Å²) in [4.78, 5) is 13.6. The molecule has 1 unspecified atom stereocenters. The lowest BCUT2D eigenvalue weighted by Gasteiger charge is -2.22. The second-order valence-corrected chi connectivity index (χ2v) is 4.52. The van der Waals surface area contributed by atoms with Gasteiger partial charge in [0.2, 0.25) is 5.91 Å². The van der Waals surface area contributed by atoms with E-state index >= 15 is 0 Å². The SMILES string of the molecule is CC1NCCCN(Cc2ccc(F)cc2F)C1=O. The molecule has 0 aliphatic carbocycles. The van der Waals surface area contributed by atoms with Crippen LogP contribution in [0.25, 0.3) is 0 Å². The maximum atomic E-state index is 13.5. The maximum Gasteiger partial charge on any atom is 0.239 e. The van der Waals surface area contributed by atoms with E-state index in [0.29, 0.717) is 12.1 Å². The lowest BCUT2D eigenvalue weighted by molar-refractivity contribution is -0.132. The molecule has 3 nitrogen and oxygen atoms in total. The Bertz CT molecular complexity index is 451. The van der Waals surface area contributed by atoms with Crippen LogP contribution in [-0.4, -0.2) is 29.9 Å². The van der Waals surface area contributed by atoms with Crippen molar-refractivity contribution in [2.24, 2.45) is 0 Å². The molecule has 1 aromatic carbocycles. The fourth-order valence-electron chi connectivity index (χ4n) is 2.07. The van der Waals surface area contributed by atoms with Crippen LogP contribution in [0.2, 0.25) is 0 Å². The number of nitrogens with one attached hydrogen (secondary N) is 1. The molecule has 1 fully saturated rings. The summed E-state index contributed by atoms with van der Waals surface area (Å²) in [7, 11) is 0. The number of carbonyl (C=O) groups excluding carboxylic acids is 1. The highest BCUT2D eigenvalue weighted by Gasteiger charge is 2.23. The van der Waals surface area contributed by atoms with Crippen molar-refractivity contribution < 1.29 is 13.6 Å². The van der Waals surface area contributed by atoms with E-state index in [2.05, 4.69) is 5.32 Å². The van der Waals surface area contributed by atoms with Crippen LogP contribution in [0, 0.1) is 11.6 Å². The molecule has 18 heavy (non-hydrogen) atoms. The van der Waals surface area contributed by atoms with E-state index in [0.717, 1.165) is 19.0 Å². The van der Waals surface area contributed by atoms with E-state index in [1.54, 1.807) is 11.8 Å². The average Bonchev–Trinajstić information content (AvgIpc) is 2.48. The van der Waals surface area contributed by atoms with Crippen molar-refractivity contribution in [1.29, 1.82) is 0 Å². The Morgan fingerprint density at radius 1 is 1.44 bits per heavy atom. The molecule has 1 saturated heterocycles. The van der Waals surface area contributed by atoms with Crippen LogP contribution in [0.15, 0.2) is 18.2 Å². The molecular weight excluding hydrogens is 238 g/mol. The standard InChI is InChI=1S/C13H16F2N2O/c1-9-13(18)17(6-2-5-16-9)8-10-3-4-11(14)7-12(10)15/h3-4,7,9,16H,2,5-6,8H2,1H3. The van der Waals surface area contributed by atoms with Gasteiger partial charge in [0.05, 0.1) is 6.04 Å². The summed E-state index contributed by atoms with van der Waals surface area (Å²) in [6.45, 7) is 3.35. The molecule has 0 saturated carbocycles. The Balaban J connectivity index is 2.14. The molecule has 1 aliphatic rings. The van der Waals surface area contributed by atoms with Gasteiger partial charge in [-0.3, -0.25) is 4.79 Å². The van der Waals surface area contributed by atoms with Crippen LogP contribution >= 0.6 is 0 Å². The minimum absolute atomic E-state index is 0.0452. The third-order valence-corrected chi connectivity index (χ3v) is 3.11. The minimum atomic E-state index is -0.604. The molecule has 1 atom stereocenters. The first kappa shape index (κ1) is 13.0. The zero-order chi connectivity index (χ0) is 13.1. The summed E-state index contributed by atoms with van der Waals surface area (Å²) < 4.78 is 26.3. The Labute approximate surface area is 105 Å². The van der Waals surface area contributed by atoms with Crippen LogP contribution < -0.4 is 5.32 Å². The molecule has 98 valence electrons. The number of hydrogen-bond donors (Lipinski definition) is 1. The van der Waals surface area contributed by atoms with Crippen molar-refractivity contribution in [3.05, 3.63) is 35.4 Å². The number of carbonyl (C=O) groups is 1. The van der Waals surface area contributed by atoms with E-state index in [4.69, 9.17) is 0 Å². The molecular formula is C13H16F2N2O. The molecule has 1 amide bonds. The van der Waals surface area contributed by atoms with Crippen LogP contribution in [0.1, 0.15) is 18.9 Å². The van der Waals surface area contributed by atoms with Gasteiger partial charge in [-0.25, -0.2) is 8.78 Å². The molecule has 0 aromatic heterocycles. The van der Waals surface area contributed by atoms with Gasteiger partial charge in [0.15, 0.2) is 0 Å². The highest BCUT2D eigenvalue weighted by molar-refractivity contribution is 5.81. The van der Waals surface area contributed by atoms with E-state index in [1.165, 1.54) is 12.1 Å². The van der Waals surface area contributed by atoms with Gasteiger partial charge in [0.25, 0.3) is 0 Å². The van der Waals surface area contributed by atoms with Crippen LogP contribution in [0.3, 0.4) is 0 Å². The van der Waals surface area contributed by atoms with Crippen molar-refractivity contribution in [2.45, 2.75) is 25.9 Å². The average molecular weight is 254 g/mol. The highest BCUT2D eigenvalue weighted by atomic mass is 19.1. The third-order valence-electron chi connectivity index (χ3n) is 3.11. The largest absolute Gasteiger partial charge is 0.337 e. The second-order valence-electron chi connectivity index (χ2n) is 4.52. The first-order valence-electron chi connectivity index (χ1n) is 6.04. The van der Waals surface area contributed by atoms with Crippen molar-refractivity contribution in [3.63, 3.8) is 0 Å². The van der Waals surface area contributed by atoms with Crippen molar-refractivity contribution in [1.82, 2.24) is 10.2 Å². The Morgan fingerprint density at radius 3 is 2.94 bits per heavy atom. The fourth-order valence-corrected chi connectivity index (χ4v) is 2.07. The summed E-state index contributed by atoms with van der Waals surface area (Å²) in [5.41, 5.74) is 0.346. The van der Waals surface area contributed by atoms with E-state index in [9.17, 15) is 13.6 Å². The summed E-state index contributed by atoms with van der Waals surface area (Å²) in [6, 6.07) is 3.19. The second kappa shape index (κ2) is 5.44. The smallest absolute Gasteiger partial charge is 0.239 e. The topological polar surface area (TPSA) is 32.3 Å². The zero-order valence-corrected chi connectivity index (χ0v) is 10.2. The van der Waals surface area contributed by atoms with Gasteiger partial charge >= 0.3 is 0 Å². The summed E-state index contributed by atoms with van der Waals surface area (Å²) in [5.74, 6) is -1.25. The number of hydrogen-bond acceptors (Lipinski definition) is 2. The Hall–Kier alpha value is -1.49. The Kier molecular flexibility index (Phi) is 3.91. The lowest BCUT2D eigenvalue weighted by Crippen LogP contribution is -2.41. The Morgan fingerprint density at radius 2 is 2.22 bits per heavy atom. The monoisotopic (exact) mass is 254 g/mol. The number of halogens is 2. The molecule has 0 bridgehead atoms. The molecule has 5 heteroatoms. The van der Waals surface area contributed by atoms with Gasteiger partial charge in [0.1, 0.15) is 11.6 Å². The number of benzene rings is 1. The van der Waals surface area contributed by atoms with Gasteiger partial charge in [-0.1, -0.05) is 6.07 Å². The molecule has 0 radical (unpaired) electrons. The molecule has 1 N–H and O–H groups in total. The summed E-state index contributed by atoms with van der Waals surface area (Å²) in [5, 5.41) is 3.09. The first-order valence-corrected chi connectivity index (χ1v) is 6.04. The fraction of sp³-hybridized carbons (Fsp3) is 0.462. The maximum absolute atomic E-state index is 13.5. The lowest BCUT2D eigenvalue weighted by atomic mass is 10.1. The van der Waals surface area contributed by atoms with Crippen molar-refractivity contribution >= 4 is 5.91 Å². The number of nitrogens with zero attached hydrogens (tertiary/aromatic N) is 1. The summed E-state index contributed by atoms with van der Waals surface area (Å²) >= 11 is 0. The van der Waals surface area contributed by atoms with Crippen LogP contribution in [0.5, 0.6) is 0 Å².